The smallest absolute Gasteiger partial charge is 0.0667 e. The highest BCUT2D eigenvalue weighted by atomic mass is 31.1. The van der Waals surface area contributed by atoms with E-state index in [2.05, 4.69) is 33.8 Å². The first-order valence-electron chi connectivity index (χ1n) is 5.58. The molecule has 0 aromatic heterocycles. The molecular weight excluding hydrogens is 205 g/mol. The number of hydrogen-bond acceptors (Lipinski definition) is 2. The van der Waals surface area contributed by atoms with Crippen LogP contribution in [0.5, 0.6) is 0 Å². The average Bonchev–Trinajstić information content (AvgIpc) is 2.61. The fourth-order valence-corrected chi connectivity index (χ4v) is 6.01. The molecule has 15 heavy (non-hydrogen) atoms. The van der Waals surface area contributed by atoms with Gasteiger partial charge in [-0.2, -0.15) is 5.26 Å². The Morgan fingerprint density at radius 2 is 2.07 bits per heavy atom. The Morgan fingerprint density at radius 3 is 2.60 bits per heavy atom. The van der Waals surface area contributed by atoms with Crippen molar-refractivity contribution in [1.29, 1.82) is 5.26 Å². The van der Waals surface area contributed by atoms with Gasteiger partial charge in [0.15, 0.2) is 0 Å². The number of rotatable bonds is 2. The maximum Gasteiger partial charge on any atom is 0.0667 e. The van der Waals surface area contributed by atoms with E-state index in [1.165, 1.54) is 11.1 Å². The maximum atomic E-state index is 9.13. The van der Waals surface area contributed by atoms with Crippen LogP contribution in [-0.2, 0) is 4.52 Å². The van der Waals surface area contributed by atoms with E-state index >= 15 is 0 Å². The molecule has 0 aliphatic carbocycles. The first-order chi connectivity index (χ1) is 7.06. The lowest BCUT2D eigenvalue weighted by Crippen LogP contribution is -2.16. The molecule has 3 heteroatoms. The molecule has 82 valence electrons. The second-order valence-electron chi connectivity index (χ2n) is 4.81. The van der Waals surface area contributed by atoms with Crippen molar-refractivity contribution in [3.8, 4) is 6.07 Å². The molecule has 0 N–H and O–H groups in total. The highest BCUT2D eigenvalue weighted by Gasteiger charge is 2.51. The van der Waals surface area contributed by atoms with Gasteiger partial charge >= 0.3 is 0 Å². The molecule has 0 amide bonds. The molecule has 2 aliphatic heterocycles. The highest BCUT2D eigenvalue weighted by molar-refractivity contribution is 7.55. The van der Waals surface area contributed by atoms with Gasteiger partial charge in [-0.05, 0) is 34.1 Å². The SMILES string of the molecule is CC1=C(C)[C@H]2[C@@H](C#N)C[C@@H]1[P@@]2OC(C)C. The number of allylic oxidation sites excluding steroid dienone is 2. The van der Waals surface area contributed by atoms with E-state index in [-0.39, 0.29) is 12.0 Å². The van der Waals surface area contributed by atoms with Crippen LogP contribution in [0.1, 0.15) is 34.1 Å². The Bertz CT molecular complexity index is 342. The minimum absolute atomic E-state index is 0.212. The summed E-state index contributed by atoms with van der Waals surface area (Å²) in [5.74, 6) is 0.212. The predicted molar refractivity (Wildman–Crippen MR) is 62.8 cm³/mol. The Balaban J connectivity index is 2.23. The first-order valence-corrected chi connectivity index (χ1v) is 6.98. The van der Waals surface area contributed by atoms with Crippen LogP contribution in [0.3, 0.4) is 0 Å². The Labute approximate surface area is 93.1 Å². The summed E-state index contributed by atoms with van der Waals surface area (Å²) in [4.78, 5) is 0. The average molecular weight is 223 g/mol. The van der Waals surface area contributed by atoms with Crippen LogP contribution in [0.25, 0.3) is 0 Å². The molecule has 0 radical (unpaired) electrons. The first kappa shape index (κ1) is 11.1. The lowest BCUT2D eigenvalue weighted by Gasteiger charge is -2.21. The van der Waals surface area contributed by atoms with Gasteiger partial charge in [0.2, 0.25) is 0 Å². The van der Waals surface area contributed by atoms with Crippen LogP contribution in [0.2, 0.25) is 0 Å². The molecule has 1 saturated heterocycles. The number of hydrogen-bond donors (Lipinski definition) is 0. The number of fused-ring (bicyclic) bond motifs is 2. The second-order valence-corrected chi connectivity index (χ2v) is 6.92. The largest absolute Gasteiger partial charge is 0.355 e. The standard InChI is InChI=1S/C12H18NOP/c1-7(2)14-15-11-5-10(6-13)12(15)9(4)8(11)3/h7,10-12H,5H2,1-4H3/t10-,11+,12+,15-/m1/s1. The van der Waals surface area contributed by atoms with Gasteiger partial charge in [0.05, 0.1) is 18.1 Å². The van der Waals surface area contributed by atoms with Crippen molar-refractivity contribution < 1.29 is 4.52 Å². The third-order valence-electron chi connectivity index (χ3n) is 3.50. The van der Waals surface area contributed by atoms with Crippen molar-refractivity contribution in [1.82, 2.24) is 0 Å². The Hall–Kier alpha value is -0.380. The van der Waals surface area contributed by atoms with Crippen molar-refractivity contribution in [2.75, 3.05) is 0 Å². The molecule has 2 rings (SSSR count). The molecule has 2 aliphatic rings. The predicted octanol–water partition coefficient (Wildman–Crippen LogP) is 3.44. The van der Waals surface area contributed by atoms with E-state index in [0.29, 0.717) is 11.3 Å². The van der Waals surface area contributed by atoms with Crippen LogP contribution in [0.15, 0.2) is 11.1 Å². The summed E-state index contributed by atoms with van der Waals surface area (Å²) >= 11 is 0. The summed E-state index contributed by atoms with van der Waals surface area (Å²) in [5.41, 5.74) is 3.93. The van der Waals surface area contributed by atoms with Crippen molar-refractivity contribution >= 4 is 8.15 Å². The fourth-order valence-electron chi connectivity index (χ4n) is 2.71. The van der Waals surface area contributed by atoms with Crippen molar-refractivity contribution in [3.05, 3.63) is 11.1 Å². The number of nitrogens with zero attached hydrogens (tertiary/aromatic N) is 1. The highest BCUT2D eigenvalue weighted by Crippen LogP contribution is 2.68. The van der Waals surface area contributed by atoms with E-state index in [9.17, 15) is 0 Å². The minimum atomic E-state index is -0.416. The lowest BCUT2D eigenvalue weighted by molar-refractivity contribution is 0.269. The van der Waals surface area contributed by atoms with Gasteiger partial charge in [0.1, 0.15) is 0 Å². The summed E-state index contributed by atoms with van der Waals surface area (Å²) in [6, 6.07) is 2.45. The molecule has 0 unspecified atom stereocenters. The molecule has 2 bridgehead atoms. The molecule has 0 saturated carbocycles. The molecule has 0 aromatic carbocycles. The van der Waals surface area contributed by atoms with Crippen molar-refractivity contribution in [3.63, 3.8) is 0 Å². The Morgan fingerprint density at radius 1 is 1.40 bits per heavy atom. The molecule has 0 aromatic rings. The van der Waals surface area contributed by atoms with E-state index < -0.39 is 8.15 Å². The Kier molecular flexibility index (Phi) is 2.88. The van der Waals surface area contributed by atoms with Crippen LogP contribution in [0.4, 0.5) is 0 Å². The zero-order valence-corrected chi connectivity index (χ0v) is 10.7. The van der Waals surface area contributed by atoms with Crippen molar-refractivity contribution in [2.45, 2.75) is 51.5 Å². The fraction of sp³-hybridized carbons (Fsp3) is 0.750. The normalized spacial score (nSPS) is 38.9. The topological polar surface area (TPSA) is 33.0 Å². The van der Waals surface area contributed by atoms with E-state index in [1.807, 2.05) is 0 Å². The van der Waals surface area contributed by atoms with Crippen LogP contribution < -0.4 is 0 Å². The zero-order chi connectivity index (χ0) is 11.2. The lowest BCUT2D eigenvalue weighted by atomic mass is 9.86. The van der Waals surface area contributed by atoms with Gasteiger partial charge in [0, 0.05) is 19.5 Å². The molecule has 0 spiro atoms. The van der Waals surface area contributed by atoms with Crippen molar-refractivity contribution in [2.24, 2.45) is 5.92 Å². The van der Waals surface area contributed by atoms with Crippen LogP contribution >= 0.6 is 8.15 Å². The second kappa shape index (κ2) is 3.89. The third kappa shape index (κ3) is 1.63. The molecule has 4 atom stereocenters. The van der Waals surface area contributed by atoms with Gasteiger partial charge in [-0.3, -0.25) is 0 Å². The van der Waals surface area contributed by atoms with Crippen LogP contribution in [0, 0.1) is 17.2 Å². The molecule has 1 fully saturated rings. The minimum Gasteiger partial charge on any atom is -0.355 e. The molecular formula is C12H18NOP. The zero-order valence-electron chi connectivity index (χ0n) is 9.82. The summed E-state index contributed by atoms with van der Waals surface area (Å²) < 4.78 is 6.04. The third-order valence-corrected chi connectivity index (χ3v) is 6.68. The van der Waals surface area contributed by atoms with Crippen LogP contribution in [-0.4, -0.2) is 17.4 Å². The summed E-state index contributed by atoms with van der Waals surface area (Å²) in [6.07, 6.45) is 1.32. The summed E-state index contributed by atoms with van der Waals surface area (Å²) in [6.45, 7) is 8.58. The number of nitriles is 1. The van der Waals surface area contributed by atoms with Gasteiger partial charge in [0.25, 0.3) is 0 Å². The summed E-state index contributed by atoms with van der Waals surface area (Å²) in [5, 5.41) is 9.13. The van der Waals surface area contributed by atoms with E-state index in [0.717, 1.165) is 6.42 Å². The van der Waals surface area contributed by atoms with E-state index in [1.54, 1.807) is 0 Å². The van der Waals surface area contributed by atoms with Gasteiger partial charge < -0.3 is 4.52 Å². The van der Waals surface area contributed by atoms with Gasteiger partial charge in [-0.25, -0.2) is 0 Å². The quantitative estimate of drug-likeness (QED) is 0.530. The monoisotopic (exact) mass is 223 g/mol. The maximum absolute atomic E-state index is 9.13. The molecule has 2 nitrogen and oxygen atoms in total. The summed E-state index contributed by atoms with van der Waals surface area (Å²) in [7, 11) is -0.416. The van der Waals surface area contributed by atoms with Gasteiger partial charge in [-0.15, -0.1) is 0 Å². The van der Waals surface area contributed by atoms with Gasteiger partial charge in [-0.1, -0.05) is 11.1 Å². The van der Waals surface area contributed by atoms with E-state index in [4.69, 9.17) is 9.79 Å². The molecule has 2 heterocycles.